The van der Waals surface area contributed by atoms with Crippen molar-refractivity contribution < 1.29 is 9.53 Å². The van der Waals surface area contributed by atoms with Crippen molar-refractivity contribution in [3.05, 3.63) is 43.2 Å². The van der Waals surface area contributed by atoms with E-state index in [1.165, 1.54) is 0 Å². The minimum Gasteiger partial charge on any atom is -0.378 e. The monoisotopic (exact) mass is 448 g/mol. The molecule has 0 radical (unpaired) electrons. The average molecular weight is 449 g/mol. The van der Waals surface area contributed by atoms with Gasteiger partial charge >= 0.3 is 0 Å². The minimum atomic E-state index is 0.0398. The number of nitrogens with zero attached hydrogens (tertiary/aromatic N) is 8. The van der Waals surface area contributed by atoms with Crippen molar-refractivity contribution in [1.82, 2.24) is 39.1 Å². The minimum absolute atomic E-state index is 0.0398. The second-order valence-corrected chi connectivity index (χ2v) is 8.23. The van der Waals surface area contributed by atoms with E-state index in [-0.39, 0.29) is 12.5 Å². The van der Waals surface area contributed by atoms with Crippen molar-refractivity contribution in [2.75, 3.05) is 26.3 Å². The lowest BCUT2D eigenvalue weighted by Gasteiger charge is -2.26. The van der Waals surface area contributed by atoms with Crippen LogP contribution in [-0.4, -0.2) is 71.3 Å². The van der Waals surface area contributed by atoms with E-state index in [1.54, 1.807) is 17.1 Å². The van der Waals surface area contributed by atoms with Crippen LogP contribution in [0.15, 0.2) is 43.2 Å². The molecule has 0 aliphatic carbocycles. The van der Waals surface area contributed by atoms with Crippen molar-refractivity contribution in [2.24, 2.45) is 0 Å². The summed E-state index contributed by atoms with van der Waals surface area (Å²) >= 11 is 0. The van der Waals surface area contributed by atoms with Gasteiger partial charge in [0.15, 0.2) is 0 Å². The topological polar surface area (TPSA) is 95.4 Å². The average Bonchev–Trinajstić information content (AvgIpc) is 3.61. The molecule has 10 nitrogen and oxygen atoms in total. The van der Waals surface area contributed by atoms with E-state index < -0.39 is 0 Å². The summed E-state index contributed by atoms with van der Waals surface area (Å²) in [5, 5.41) is 13.4. The van der Waals surface area contributed by atoms with Crippen LogP contribution in [0.4, 0.5) is 0 Å². The highest BCUT2D eigenvalue weighted by molar-refractivity contribution is 5.78. The van der Waals surface area contributed by atoms with Gasteiger partial charge in [0, 0.05) is 36.6 Å². The zero-order chi connectivity index (χ0) is 22.8. The normalized spacial score (nSPS) is 14.5. The van der Waals surface area contributed by atoms with E-state index in [4.69, 9.17) is 9.72 Å². The Hall–Kier alpha value is -3.53. The van der Waals surface area contributed by atoms with Crippen molar-refractivity contribution in [3.63, 3.8) is 0 Å². The molecule has 0 atom stereocenters. The predicted octanol–water partition coefficient (Wildman–Crippen LogP) is 2.68. The molecular weight excluding hydrogens is 420 g/mol. The summed E-state index contributed by atoms with van der Waals surface area (Å²) in [5.41, 5.74) is 4.25. The summed E-state index contributed by atoms with van der Waals surface area (Å²) in [5.74, 6) is 0.0398. The summed E-state index contributed by atoms with van der Waals surface area (Å²) in [6.07, 6.45) is 13.2. The first kappa shape index (κ1) is 21.3. The number of carbonyl (C=O) groups excluding carboxylic acids is 1. The number of aromatic nitrogens is 7. The lowest BCUT2D eigenvalue weighted by molar-refractivity contribution is -0.136. The maximum atomic E-state index is 12.6. The molecule has 1 amide bonds. The Bertz CT molecular complexity index is 1250. The molecule has 0 saturated carbocycles. The summed E-state index contributed by atoms with van der Waals surface area (Å²) in [4.78, 5) is 19.3. The van der Waals surface area contributed by atoms with Gasteiger partial charge in [-0.05, 0) is 18.9 Å². The summed E-state index contributed by atoms with van der Waals surface area (Å²) in [7, 11) is 0. The van der Waals surface area contributed by atoms with Crippen molar-refractivity contribution >= 4 is 11.4 Å². The summed E-state index contributed by atoms with van der Waals surface area (Å²) in [6.45, 7) is 6.95. The lowest BCUT2D eigenvalue weighted by atomic mass is 10.1. The Kier molecular flexibility index (Phi) is 5.91. The molecule has 0 N–H and O–H groups in total. The number of amides is 1. The van der Waals surface area contributed by atoms with Crippen LogP contribution in [0.1, 0.15) is 32.7 Å². The number of fused-ring (bicyclic) bond motifs is 1. The molecule has 1 saturated heterocycles. The van der Waals surface area contributed by atoms with Gasteiger partial charge in [-0.2, -0.15) is 15.3 Å². The van der Waals surface area contributed by atoms with Gasteiger partial charge in [-0.25, -0.2) is 9.50 Å². The first-order valence-electron chi connectivity index (χ1n) is 11.4. The number of hydrogen-bond acceptors (Lipinski definition) is 6. The van der Waals surface area contributed by atoms with Crippen LogP contribution >= 0.6 is 0 Å². The van der Waals surface area contributed by atoms with Crippen molar-refractivity contribution in [1.29, 1.82) is 0 Å². The Morgan fingerprint density at radius 3 is 2.61 bits per heavy atom. The van der Waals surface area contributed by atoms with Gasteiger partial charge in [0.05, 0.1) is 60.9 Å². The predicted molar refractivity (Wildman–Crippen MR) is 122 cm³/mol. The van der Waals surface area contributed by atoms with Crippen molar-refractivity contribution in [2.45, 2.75) is 39.3 Å². The zero-order valence-corrected chi connectivity index (χ0v) is 19.0. The molecule has 5 rings (SSSR count). The smallest absolute Gasteiger partial charge is 0.244 e. The second-order valence-electron chi connectivity index (χ2n) is 8.23. The first-order chi connectivity index (χ1) is 16.2. The fourth-order valence-corrected chi connectivity index (χ4v) is 4.24. The van der Waals surface area contributed by atoms with Gasteiger partial charge < -0.3 is 9.64 Å². The molecule has 33 heavy (non-hydrogen) atoms. The van der Waals surface area contributed by atoms with Gasteiger partial charge in [-0.3, -0.25) is 14.2 Å². The molecule has 0 bridgehead atoms. The lowest BCUT2D eigenvalue weighted by Crippen LogP contribution is -2.42. The fourth-order valence-electron chi connectivity index (χ4n) is 4.24. The third-order valence-electron chi connectivity index (χ3n) is 6.17. The van der Waals surface area contributed by atoms with Crippen LogP contribution in [-0.2, 0) is 16.1 Å². The van der Waals surface area contributed by atoms with E-state index in [1.807, 2.05) is 38.8 Å². The van der Waals surface area contributed by atoms with Gasteiger partial charge in [0.25, 0.3) is 0 Å². The van der Waals surface area contributed by atoms with Gasteiger partial charge in [0.1, 0.15) is 6.54 Å². The van der Waals surface area contributed by atoms with E-state index >= 15 is 0 Å². The highest BCUT2D eigenvalue weighted by atomic mass is 16.5. The first-order valence-corrected chi connectivity index (χ1v) is 11.4. The Labute approximate surface area is 191 Å². The van der Waals surface area contributed by atoms with Crippen LogP contribution < -0.4 is 0 Å². The zero-order valence-electron chi connectivity index (χ0n) is 19.0. The molecule has 0 aromatic carbocycles. The van der Waals surface area contributed by atoms with E-state index in [0.29, 0.717) is 32.3 Å². The third-order valence-corrected chi connectivity index (χ3v) is 6.17. The molecule has 1 aliphatic rings. The molecule has 1 fully saturated rings. The molecule has 5 heterocycles. The van der Waals surface area contributed by atoms with Crippen LogP contribution in [0.25, 0.3) is 28.0 Å². The number of morpholine rings is 1. The molecule has 0 spiro atoms. The Morgan fingerprint density at radius 1 is 1.03 bits per heavy atom. The number of ether oxygens (including phenoxy) is 1. The molecule has 4 aromatic heterocycles. The Morgan fingerprint density at radius 2 is 1.82 bits per heavy atom. The fraction of sp³-hybridized carbons (Fsp3) is 0.435. The number of hydrogen-bond donors (Lipinski definition) is 0. The van der Waals surface area contributed by atoms with E-state index in [0.717, 1.165) is 40.9 Å². The maximum absolute atomic E-state index is 12.6. The van der Waals surface area contributed by atoms with E-state index in [2.05, 4.69) is 35.3 Å². The summed E-state index contributed by atoms with van der Waals surface area (Å²) in [6, 6.07) is 2.32. The van der Waals surface area contributed by atoms with E-state index in [9.17, 15) is 4.79 Å². The number of rotatable bonds is 7. The van der Waals surface area contributed by atoms with Gasteiger partial charge in [-0.15, -0.1) is 0 Å². The maximum Gasteiger partial charge on any atom is 0.244 e. The summed E-state index contributed by atoms with van der Waals surface area (Å²) < 4.78 is 10.8. The second kappa shape index (κ2) is 9.14. The largest absolute Gasteiger partial charge is 0.378 e. The van der Waals surface area contributed by atoms with Gasteiger partial charge in [-0.1, -0.05) is 13.8 Å². The van der Waals surface area contributed by atoms with Crippen LogP contribution in [0.5, 0.6) is 0 Å². The highest BCUT2D eigenvalue weighted by Gasteiger charge is 2.19. The Balaban J connectivity index is 1.44. The molecule has 172 valence electrons. The third kappa shape index (κ3) is 4.25. The standard InChI is InChI=1S/C23H28N8O2/c1-3-19(4-2)30-14-18(12-26-30)23-21-5-6-24-31(21)15-20(27-23)17-11-25-29(13-17)16-22(32)28-7-9-33-10-8-28/h5-6,11-15,19H,3-4,7-10,16H2,1-2H3. The van der Waals surface area contributed by atoms with Crippen LogP contribution in [0, 0.1) is 0 Å². The SMILES string of the molecule is CCC(CC)n1cc(-c2nc(-c3cnn(CC(=O)N4CCOCC4)c3)cn3nccc23)cn1. The van der Waals surface area contributed by atoms with Crippen LogP contribution in [0.2, 0.25) is 0 Å². The quantitative estimate of drug-likeness (QED) is 0.431. The van der Waals surface area contributed by atoms with Crippen molar-refractivity contribution in [3.8, 4) is 22.5 Å². The highest BCUT2D eigenvalue weighted by Crippen LogP contribution is 2.27. The van der Waals surface area contributed by atoms with Crippen LogP contribution in [0.3, 0.4) is 0 Å². The molecule has 4 aromatic rings. The van der Waals surface area contributed by atoms with Gasteiger partial charge in [0.2, 0.25) is 5.91 Å². The molecule has 1 aliphatic heterocycles. The number of carbonyl (C=O) groups is 1. The molecule has 10 heteroatoms. The molecular formula is C23H28N8O2. The molecule has 0 unspecified atom stereocenters.